The van der Waals surface area contributed by atoms with Crippen molar-refractivity contribution in [3.63, 3.8) is 0 Å². The van der Waals surface area contributed by atoms with Gasteiger partial charge in [-0.25, -0.2) is 0 Å². The van der Waals surface area contributed by atoms with Gasteiger partial charge in [-0.3, -0.25) is 0 Å². The zero-order valence-electron chi connectivity index (χ0n) is 18.1. The molecule has 2 atom stereocenters. The van der Waals surface area contributed by atoms with Crippen LogP contribution in [0.25, 0.3) is 0 Å². The molecule has 0 saturated carbocycles. The molecule has 1 fully saturated rings. The molecule has 4 rings (SSSR count). The number of para-hydroxylation sites is 1. The van der Waals surface area contributed by atoms with Crippen LogP contribution in [0.2, 0.25) is 0 Å². The van der Waals surface area contributed by atoms with Crippen LogP contribution in [-0.4, -0.2) is 36.5 Å². The molecule has 3 aromatic rings. The fourth-order valence-corrected chi connectivity index (χ4v) is 7.59. The van der Waals surface area contributed by atoms with E-state index < -0.39 is 9.84 Å². The second-order valence-corrected chi connectivity index (χ2v) is 12.6. The zero-order valence-corrected chi connectivity index (χ0v) is 20.7. The first-order chi connectivity index (χ1) is 15.4. The Bertz CT molecular complexity index is 1210. The molecule has 1 aliphatic heterocycles. The fourth-order valence-electron chi connectivity index (χ4n) is 4.09. The molecule has 0 spiro atoms. The Labute approximate surface area is 197 Å². The van der Waals surface area contributed by atoms with Gasteiger partial charge in [0.25, 0.3) is 0 Å². The molecule has 1 heterocycles. The summed E-state index contributed by atoms with van der Waals surface area (Å²) in [4.78, 5) is 2.86. The van der Waals surface area contributed by atoms with Crippen molar-refractivity contribution in [1.29, 1.82) is 0 Å². The molecular formula is C27H27NO2SSe. The molecule has 1 saturated heterocycles. The molecule has 0 aromatic heterocycles. The SMILES string of the molecule is C=C([Se]c1ccccc1)[C@@H]1CN(c2ccccc2)C[C@H]1C(=C)S(=O)(=O)c1ccc(C)cc1. The second kappa shape index (κ2) is 9.50. The van der Waals surface area contributed by atoms with Crippen molar-refractivity contribution < 1.29 is 8.42 Å². The van der Waals surface area contributed by atoms with Crippen LogP contribution in [0.5, 0.6) is 0 Å². The molecule has 0 N–H and O–H groups in total. The molecule has 0 unspecified atom stereocenters. The van der Waals surface area contributed by atoms with Gasteiger partial charge in [-0.05, 0) is 0 Å². The van der Waals surface area contributed by atoms with Crippen molar-refractivity contribution in [3.8, 4) is 0 Å². The third-order valence-electron chi connectivity index (χ3n) is 5.94. The number of nitrogens with zero attached hydrogens (tertiary/aromatic N) is 1. The van der Waals surface area contributed by atoms with Crippen LogP contribution in [0.4, 0.5) is 5.69 Å². The van der Waals surface area contributed by atoms with E-state index in [1.807, 2.05) is 55.5 Å². The summed E-state index contributed by atoms with van der Waals surface area (Å²) in [5, 5.41) is 0. The minimum absolute atomic E-state index is 0.0307. The molecule has 5 heteroatoms. The molecule has 1 aliphatic rings. The van der Waals surface area contributed by atoms with Crippen LogP contribution in [-0.2, 0) is 9.84 Å². The van der Waals surface area contributed by atoms with E-state index in [9.17, 15) is 8.42 Å². The minimum atomic E-state index is -3.64. The van der Waals surface area contributed by atoms with Crippen molar-refractivity contribution in [2.24, 2.45) is 11.8 Å². The van der Waals surface area contributed by atoms with E-state index >= 15 is 0 Å². The Balaban J connectivity index is 1.65. The summed E-state index contributed by atoms with van der Waals surface area (Å²) in [7, 11) is -3.64. The van der Waals surface area contributed by atoms with Crippen molar-refractivity contribution in [1.82, 2.24) is 0 Å². The van der Waals surface area contributed by atoms with Gasteiger partial charge in [-0.2, -0.15) is 0 Å². The molecule has 32 heavy (non-hydrogen) atoms. The van der Waals surface area contributed by atoms with Gasteiger partial charge >= 0.3 is 198 Å². The van der Waals surface area contributed by atoms with Crippen molar-refractivity contribution in [2.45, 2.75) is 11.8 Å². The Morgan fingerprint density at radius 1 is 0.844 bits per heavy atom. The Morgan fingerprint density at radius 3 is 2.03 bits per heavy atom. The molecule has 3 nitrogen and oxygen atoms in total. The number of sulfone groups is 1. The quantitative estimate of drug-likeness (QED) is 0.439. The average molecular weight is 509 g/mol. The first-order valence-corrected chi connectivity index (χ1v) is 13.8. The molecule has 0 bridgehead atoms. The fraction of sp³-hybridized carbons (Fsp3) is 0.185. The average Bonchev–Trinajstić information content (AvgIpc) is 3.26. The zero-order chi connectivity index (χ0) is 22.7. The summed E-state index contributed by atoms with van der Waals surface area (Å²) in [5.41, 5.74) is 2.13. The summed E-state index contributed by atoms with van der Waals surface area (Å²) in [6.07, 6.45) is 0. The van der Waals surface area contributed by atoms with Crippen molar-refractivity contribution in [3.05, 3.63) is 113 Å². The van der Waals surface area contributed by atoms with Gasteiger partial charge < -0.3 is 0 Å². The van der Waals surface area contributed by atoms with Crippen LogP contribution < -0.4 is 9.36 Å². The molecule has 0 aliphatic carbocycles. The Morgan fingerprint density at radius 2 is 1.41 bits per heavy atom. The standard InChI is InChI=1S/C27H27NO2SSe/c1-20-14-16-24(17-15-20)31(29,30)21(2)26-18-28(23-10-6-4-7-11-23)19-27(26)22(3)32-25-12-8-5-9-13-25/h4-17,26-27H,2-3,18-19H2,1H3/t26-,27-/m0/s1. The predicted molar refractivity (Wildman–Crippen MR) is 134 cm³/mol. The maximum absolute atomic E-state index is 13.5. The van der Waals surface area contributed by atoms with Crippen LogP contribution in [0.15, 0.2) is 112 Å². The number of benzene rings is 3. The van der Waals surface area contributed by atoms with Crippen LogP contribution in [0, 0.1) is 18.8 Å². The van der Waals surface area contributed by atoms with E-state index in [0.717, 1.165) is 22.3 Å². The van der Waals surface area contributed by atoms with Gasteiger partial charge in [0, 0.05) is 0 Å². The van der Waals surface area contributed by atoms with E-state index in [4.69, 9.17) is 0 Å². The topological polar surface area (TPSA) is 37.4 Å². The Hall–Kier alpha value is -2.59. The van der Waals surface area contributed by atoms with Gasteiger partial charge in [0.05, 0.1) is 0 Å². The molecule has 164 valence electrons. The molecule has 3 aromatic carbocycles. The number of hydrogen-bond acceptors (Lipinski definition) is 3. The first kappa shape index (κ1) is 22.6. The summed E-state index contributed by atoms with van der Waals surface area (Å²) >= 11 is 0.0603. The van der Waals surface area contributed by atoms with E-state index in [1.54, 1.807) is 12.1 Å². The second-order valence-electron chi connectivity index (χ2n) is 8.12. The van der Waals surface area contributed by atoms with Gasteiger partial charge in [0.1, 0.15) is 0 Å². The predicted octanol–water partition coefficient (Wildman–Crippen LogP) is 4.58. The van der Waals surface area contributed by atoms with E-state index in [0.29, 0.717) is 11.4 Å². The number of aryl methyl sites for hydroxylation is 1. The molecule has 0 radical (unpaired) electrons. The number of rotatable bonds is 7. The Kier molecular flexibility index (Phi) is 6.71. The van der Waals surface area contributed by atoms with E-state index in [2.05, 4.69) is 42.3 Å². The summed E-state index contributed by atoms with van der Waals surface area (Å²) in [6, 6.07) is 27.5. The van der Waals surface area contributed by atoms with Gasteiger partial charge in [-0.15, -0.1) is 0 Å². The monoisotopic (exact) mass is 509 g/mol. The van der Waals surface area contributed by atoms with E-state index in [-0.39, 0.29) is 31.7 Å². The molecule has 0 amide bonds. The van der Waals surface area contributed by atoms with Gasteiger partial charge in [-0.1, -0.05) is 0 Å². The van der Waals surface area contributed by atoms with Crippen LogP contribution in [0.3, 0.4) is 0 Å². The van der Waals surface area contributed by atoms with E-state index in [1.165, 1.54) is 4.46 Å². The summed E-state index contributed by atoms with van der Waals surface area (Å²) < 4.78 is 29.3. The summed E-state index contributed by atoms with van der Waals surface area (Å²) in [5.74, 6) is -0.178. The normalized spacial score (nSPS) is 18.5. The number of hydrogen-bond donors (Lipinski definition) is 0. The maximum atomic E-state index is 13.5. The third kappa shape index (κ3) is 4.75. The number of anilines is 1. The summed E-state index contributed by atoms with van der Waals surface area (Å²) in [6.45, 7) is 11.9. The third-order valence-corrected chi connectivity index (χ3v) is 10.1. The van der Waals surface area contributed by atoms with Gasteiger partial charge in [0.2, 0.25) is 0 Å². The van der Waals surface area contributed by atoms with Gasteiger partial charge in [0.15, 0.2) is 0 Å². The van der Waals surface area contributed by atoms with Crippen LogP contribution in [0.1, 0.15) is 5.56 Å². The van der Waals surface area contributed by atoms with Crippen LogP contribution >= 0.6 is 0 Å². The van der Waals surface area contributed by atoms with Crippen molar-refractivity contribution >= 4 is 34.9 Å². The first-order valence-electron chi connectivity index (χ1n) is 10.6. The molecular weight excluding hydrogens is 481 g/mol. The van der Waals surface area contributed by atoms with Crippen molar-refractivity contribution in [2.75, 3.05) is 18.0 Å².